The van der Waals surface area contributed by atoms with Crippen LogP contribution in [-0.2, 0) is 0 Å². The van der Waals surface area contributed by atoms with Gasteiger partial charge in [-0.15, -0.1) is 11.3 Å². The van der Waals surface area contributed by atoms with Crippen molar-refractivity contribution in [1.82, 2.24) is 0 Å². The van der Waals surface area contributed by atoms with Crippen molar-refractivity contribution in [2.24, 2.45) is 0 Å². The molecule has 0 unspecified atom stereocenters. The Hall–Kier alpha value is -5.70. The lowest BCUT2D eigenvalue weighted by atomic mass is 9.91. The molecule has 0 N–H and O–H groups in total. The number of thiophene rings is 1. The molecule has 0 atom stereocenters. The van der Waals surface area contributed by atoms with Gasteiger partial charge in [-0.3, -0.25) is 0 Å². The SMILES string of the molecule is c1ccc(-c2cccc(N(c3ccc4ccccc4c3-c3cccc4ccccc34)c3cccc4c3sc3ccccc34)c2)cc1. The Morgan fingerprint density at radius 2 is 1.02 bits per heavy atom. The summed E-state index contributed by atoms with van der Waals surface area (Å²) >= 11 is 1.87. The number of nitrogens with zero attached hydrogens (tertiary/aromatic N) is 1. The number of hydrogen-bond acceptors (Lipinski definition) is 2. The summed E-state index contributed by atoms with van der Waals surface area (Å²) in [5.74, 6) is 0. The van der Waals surface area contributed by atoms with E-state index in [9.17, 15) is 0 Å². The highest BCUT2D eigenvalue weighted by Gasteiger charge is 2.23. The molecule has 8 aromatic carbocycles. The minimum Gasteiger partial charge on any atom is -0.308 e. The molecule has 0 spiro atoms. The molecule has 46 heavy (non-hydrogen) atoms. The predicted octanol–water partition coefficient (Wildman–Crippen LogP) is 13.2. The zero-order valence-electron chi connectivity index (χ0n) is 25.1. The third-order valence-corrected chi connectivity index (χ3v) is 10.3. The Kier molecular flexibility index (Phi) is 6.40. The summed E-state index contributed by atoms with van der Waals surface area (Å²) in [7, 11) is 0. The average Bonchev–Trinajstić information content (AvgIpc) is 3.52. The van der Waals surface area contributed by atoms with Gasteiger partial charge in [-0.05, 0) is 68.6 Å². The maximum Gasteiger partial charge on any atom is 0.0640 e. The van der Waals surface area contributed by atoms with E-state index in [1.807, 2.05) is 11.3 Å². The van der Waals surface area contributed by atoms with E-state index in [4.69, 9.17) is 0 Å². The van der Waals surface area contributed by atoms with E-state index in [1.165, 1.54) is 69.7 Å². The number of fused-ring (bicyclic) bond motifs is 5. The van der Waals surface area contributed by atoms with Gasteiger partial charge in [0, 0.05) is 26.7 Å². The van der Waals surface area contributed by atoms with Crippen LogP contribution in [0, 0.1) is 0 Å². The fourth-order valence-electron chi connectivity index (χ4n) is 6.94. The van der Waals surface area contributed by atoms with Crippen molar-refractivity contribution < 1.29 is 0 Å². The molecule has 0 aliphatic rings. The molecule has 0 bridgehead atoms. The molecule has 1 aromatic heterocycles. The van der Waals surface area contributed by atoms with E-state index in [1.54, 1.807) is 0 Å². The maximum atomic E-state index is 2.49. The van der Waals surface area contributed by atoms with Crippen molar-refractivity contribution in [3.8, 4) is 22.3 Å². The summed E-state index contributed by atoms with van der Waals surface area (Å²) in [6.45, 7) is 0. The summed E-state index contributed by atoms with van der Waals surface area (Å²) in [5, 5.41) is 7.55. The van der Waals surface area contributed by atoms with E-state index in [2.05, 4.69) is 181 Å². The van der Waals surface area contributed by atoms with Crippen LogP contribution in [0.15, 0.2) is 176 Å². The molecule has 0 saturated carbocycles. The van der Waals surface area contributed by atoms with Crippen molar-refractivity contribution >= 4 is 70.1 Å². The van der Waals surface area contributed by atoms with Gasteiger partial charge in [-0.1, -0.05) is 146 Å². The zero-order chi connectivity index (χ0) is 30.5. The minimum atomic E-state index is 1.13. The van der Waals surface area contributed by atoms with Crippen LogP contribution in [0.4, 0.5) is 17.1 Å². The molecular weight excluding hydrogens is 575 g/mol. The quantitative estimate of drug-likeness (QED) is 0.189. The highest BCUT2D eigenvalue weighted by molar-refractivity contribution is 7.26. The van der Waals surface area contributed by atoms with Gasteiger partial charge in [-0.2, -0.15) is 0 Å². The van der Waals surface area contributed by atoms with Crippen molar-refractivity contribution in [1.29, 1.82) is 0 Å². The molecule has 0 fully saturated rings. The van der Waals surface area contributed by atoms with Crippen LogP contribution in [0.1, 0.15) is 0 Å². The van der Waals surface area contributed by atoms with Crippen molar-refractivity contribution in [2.75, 3.05) is 4.90 Å². The van der Waals surface area contributed by atoms with Crippen molar-refractivity contribution in [2.45, 2.75) is 0 Å². The second-order valence-electron chi connectivity index (χ2n) is 11.7. The zero-order valence-corrected chi connectivity index (χ0v) is 25.9. The number of hydrogen-bond donors (Lipinski definition) is 0. The molecule has 9 rings (SSSR count). The van der Waals surface area contributed by atoms with Gasteiger partial charge in [0.2, 0.25) is 0 Å². The summed E-state index contributed by atoms with van der Waals surface area (Å²) < 4.78 is 2.58. The molecule has 2 heteroatoms. The van der Waals surface area contributed by atoms with Crippen LogP contribution in [0.2, 0.25) is 0 Å². The Balaban J connectivity index is 1.40. The molecule has 216 valence electrons. The third kappa shape index (κ3) is 4.38. The Labute approximate surface area is 272 Å². The molecule has 9 aromatic rings. The molecule has 0 aliphatic heterocycles. The molecule has 0 amide bonds. The van der Waals surface area contributed by atoms with Crippen LogP contribution >= 0.6 is 11.3 Å². The van der Waals surface area contributed by atoms with Gasteiger partial charge in [0.25, 0.3) is 0 Å². The highest BCUT2D eigenvalue weighted by Crippen LogP contribution is 2.50. The maximum absolute atomic E-state index is 2.49. The largest absolute Gasteiger partial charge is 0.308 e. The van der Waals surface area contributed by atoms with Gasteiger partial charge in [0.1, 0.15) is 0 Å². The minimum absolute atomic E-state index is 1.13. The smallest absolute Gasteiger partial charge is 0.0640 e. The van der Waals surface area contributed by atoms with Crippen molar-refractivity contribution in [3.63, 3.8) is 0 Å². The van der Waals surface area contributed by atoms with E-state index in [0.717, 1.165) is 11.4 Å². The van der Waals surface area contributed by atoms with Gasteiger partial charge >= 0.3 is 0 Å². The van der Waals surface area contributed by atoms with Gasteiger partial charge in [0.15, 0.2) is 0 Å². The fourth-order valence-corrected chi connectivity index (χ4v) is 8.15. The topological polar surface area (TPSA) is 3.24 Å². The summed E-state index contributed by atoms with van der Waals surface area (Å²) in [6, 6.07) is 64.0. The highest BCUT2D eigenvalue weighted by atomic mass is 32.1. The average molecular weight is 604 g/mol. The van der Waals surface area contributed by atoms with Crippen LogP contribution in [0.5, 0.6) is 0 Å². The lowest BCUT2D eigenvalue weighted by molar-refractivity contribution is 1.31. The van der Waals surface area contributed by atoms with Crippen LogP contribution in [0.3, 0.4) is 0 Å². The first kappa shape index (κ1) is 26.7. The van der Waals surface area contributed by atoms with Crippen LogP contribution in [0.25, 0.3) is 64.0 Å². The first-order chi connectivity index (χ1) is 22.8. The van der Waals surface area contributed by atoms with E-state index in [-0.39, 0.29) is 0 Å². The van der Waals surface area contributed by atoms with E-state index >= 15 is 0 Å². The molecule has 0 radical (unpaired) electrons. The summed E-state index contributed by atoms with van der Waals surface area (Å²) in [5.41, 5.74) is 8.33. The van der Waals surface area contributed by atoms with Gasteiger partial charge in [0.05, 0.1) is 16.1 Å². The van der Waals surface area contributed by atoms with Crippen LogP contribution < -0.4 is 4.90 Å². The number of rotatable bonds is 5. The number of benzene rings is 8. The molecule has 1 nitrogen and oxygen atoms in total. The second kappa shape index (κ2) is 11.0. The lowest BCUT2D eigenvalue weighted by Crippen LogP contribution is -2.12. The first-order valence-electron chi connectivity index (χ1n) is 15.7. The van der Waals surface area contributed by atoms with E-state index in [0.29, 0.717) is 0 Å². The Morgan fingerprint density at radius 3 is 1.89 bits per heavy atom. The summed E-state index contributed by atoms with van der Waals surface area (Å²) in [6.07, 6.45) is 0. The standard InChI is InChI=1S/C44H29NS/c1-2-13-30(14-3-1)33-18-10-19-34(29-33)45(41-25-12-24-39-37-22-8-9-26-42(37)46-44(39)41)40-28-27-32-16-5-7-21-36(32)43(40)38-23-11-17-31-15-4-6-20-35(31)38/h1-29H. The second-order valence-corrected chi connectivity index (χ2v) is 12.8. The molecular formula is C44H29NS. The summed E-state index contributed by atoms with van der Waals surface area (Å²) in [4.78, 5) is 2.49. The van der Waals surface area contributed by atoms with Gasteiger partial charge in [-0.25, -0.2) is 0 Å². The molecule has 1 heterocycles. The van der Waals surface area contributed by atoms with E-state index < -0.39 is 0 Å². The molecule has 0 aliphatic carbocycles. The first-order valence-corrected chi connectivity index (χ1v) is 16.5. The lowest BCUT2D eigenvalue weighted by Gasteiger charge is -2.30. The van der Waals surface area contributed by atoms with Crippen LogP contribution in [-0.4, -0.2) is 0 Å². The molecule has 0 saturated heterocycles. The van der Waals surface area contributed by atoms with Gasteiger partial charge < -0.3 is 4.90 Å². The predicted molar refractivity (Wildman–Crippen MR) is 200 cm³/mol. The Bertz CT molecular complexity index is 2540. The Morgan fingerprint density at radius 1 is 0.391 bits per heavy atom. The van der Waals surface area contributed by atoms with Crippen molar-refractivity contribution in [3.05, 3.63) is 176 Å². The monoisotopic (exact) mass is 603 g/mol. The third-order valence-electron chi connectivity index (χ3n) is 9.04. The fraction of sp³-hybridized carbons (Fsp3) is 0. The number of anilines is 3. The normalized spacial score (nSPS) is 11.5.